The topological polar surface area (TPSA) is 30.4 Å². The molecule has 1 fully saturated rings. The number of aromatic nitrogens is 2. The van der Waals surface area contributed by atoms with Crippen LogP contribution in [0.25, 0.3) is 0 Å². The van der Waals surface area contributed by atoms with Gasteiger partial charge in [-0.3, -0.25) is 0 Å². The van der Waals surface area contributed by atoms with Crippen LogP contribution in [0.1, 0.15) is 5.56 Å². The van der Waals surface area contributed by atoms with Crippen LogP contribution >= 0.6 is 23.2 Å². The smallest absolute Gasteiger partial charge is 0.136 e. The van der Waals surface area contributed by atoms with E-state index < -0.39 is 0 Å². The molecular weight excluding hydrogens is 259 g/mol. The van der Waals surface area contributed by atoms with Gasteiger partial charge in [0, 0.05) is 28.0 Å². The maximum Gasteiger partial charge on any atom is 0.136 e. The minimum absolute atomic E-state index is 0.317. The summed E-state index contributed by atoms with van der Waals surface area (Å²) in [5.74, 6) is 0. The third-order valence-corrected chi connectivity index (χ3v) is 3.46. The first-order valence-electron chi connectivity index (χ1n) is 5.25. The number of rotatable bonds is 3. The summed E-state index contributed by atoms with van der Waals surface area (Å²) in [7, 11) is 0. The van der Waals surface area contributed by atoms with Crippen molar-refractivity contribution in [3.63, 3.8) is 0 Å². The van der Waals surface area contributed by atoms with Gasteiger partial charge < -0.3 is 9.30 Å². The second-order valence-electron chi connectivity index (χ2n) is 4.14. The van der Waals surface area contributed by atoms with Gasteiger partial charge >= 0.3 is 0 Å². The number of halogens is 2. The number of benzene rings is 1. The van der Waals surface area contributed by atoms with E-state index in [9.17, 15) is 0 Å². The first-order valence-corrected chi connectivity index (χ1v) is 6.00. The van der Waals surface area contributed by atoms with Crippen LogP contribution in [0.2, 0.25) is 10.0 Å². The molecule has 5 heteroatoms. The van der Waals surface area contributed by atoms with E-state index in [-0.39, 0.29) is 5.60 Å². The normalized spacial score (nSPS) is 22.7. The van der Waals surface area contributed by atoms with E-state index in [1.165, 1.54) is 0 Å². The van der Waals surface area contributed by atoms with E-state index in [1.54, 1.807) is 18.6 Å². The second-order valence-corrected chi connectivity index (χ2v) is 4.99. The molecule has 0 N–H and O–H groups in total. The van der Waals surface area contributed by atoms with E-state index in [0.717, 1.165) is 5.56 Å². The van der Waals surface area contributed by atoms with E-state index in [4.69, 9.17) is 27.9 Å². The Bertz CT molecular complexity index is 535. The van der Waals surface area contributed by atoms with E-state index >= 15 is 0 Å². The molecule has 1 aliphatic heterocycles. The zero-order chi connectivity index (χ0) is 11.9. The molecule has 2 heterocycles. The molecule has 1 aromatic carbocycles. The van der Waals surface area contributed by atoms with Crippen LogP contribution in [0, 0.1) is 0 Å². The number of epoxide rings is 1. The third-order valence-electron chi connectivity index (χ3n) is 2.91. The number of imidazole rings is 1. The number of nitrogens with zero attached hydrogens (tertiary/aromatic N) is 2. The fourth-order valence-electron chi connectivity index (χ4n) is 1.95. The first kappa shape index (κ1) is 11.1. The Morgan fingerprint density at radius 2 is 2.24 bits per heavy atom. The highest BCUT2D eigenvalue weighted by molar-refractivity contribution is 6.35. The fourth-order valence-corrected chi connectivity index (χ4v) is 2.53. The molecule has 1 aromatic heterocycles. The molecule has 1 saturated heterocycles. The lowest BCUT2D eigenvalue weighted by Gasteiger charge is -2.14. The lowest BCUT2D eigenvalue weighted by Crippen LogP contribution is -2.17. The third kappa shape index (κ3) is 2.06. The Labute approximate surface area is 109 Å². The summed E-state index contributed by atoms with van der Waals surface area (Å²) in [6, 6.07) is 5.50. The summed E-state index contributed by atoms with van der Waals surface area (Å²) < 4.78 is 7.58. The van der Waals surface area contributed by atoms with E-state index in [0.29, 0.717) is 23.2 Å². The Kier molecular flexibility index (Phi) is 2.62. The van der Waals surface area contributed by atoms with Gasteiger partial charge in [0.15, 0.2) is 0 Å². The van der Waals surface area contributed by atoms with Gasteiger partial charge in [-0.15, -0.1) is 0 Å². The molecule has 0 amide bonds. The molecule has 0 spiro atoms. The molecule has 0 bridgehead atoms. The molecule has 1 aliphatic rings. The monoisotopic (exact) mass is 268 g/mol. The summed E-state index contributed by atoms with van der Waals surface area (Å²) in [4.78, 5) is 4.02. The van der Waals surface area contributed by atoms with Crippen LogP contribution < -0.4 is 0 Å². The van der Waals surface area contributed by atoms with Crippen molar-refractivity contribution in [1.29, 1.82) is 0 Å². The lowest BCUT2D eigenvalue weighted by atomic mass is 10.00. The Morgan fingerprint density at radius 1 is 1.41 bits per heavy atom. The Hall–Kier alpha value is -1.03. The van der Waals surface area contributed by atoms with Crippen LogP contribution in [0.5, 0.6) is 0 Å². The molecule has 17 heavy (non-hydrogen) atoms. The summed E-state index contributed by atoms with van der Waals surface area (Å²) >= 11 is 12.1. The van der Waals surface area contributed by atoms with Gasteiger partial charge in [0.1, 0.15) is 5.60 Å². The molecule has 0 aliphatic carbocycles. The molecular formula is C12H10Cl2N2O. The van der Waals surface area contributed by atoms with Gasteiger partial charge in [0.25, 0.3) is 0 Å². The van der Waals surface area contributed by atoms with Crippen LogP contribution in [-0.2, 0) is 16.9 Å². The molecule has 2 aromatic rings. The average Bonchev–Trinajstić information content (AvgIpc) is 2.86. The van der Waals surface area contributed by atoms with Crippen molar-refractivity contribution in [2.24, 2.45) is 0 Å². The Morgan fingerprint density at radius 3 is 2.82 bits per heavy atom. The van der Waals surface area contributed by atoms with Crippen molar-refractivity contribution in [3.05, 3.63) is 52.5 Å². The van der Waals surface area contributed by atoms with Gasteiger partial charge in [-0.2, -0.15) is 0 Å². The van der Waals surface area contributed by atoms with Crippen molar-refractivity contribution in [3.8, 4) is 0 Å². The summed E-state index contributed by atoms with van der Waals surface area (Å²) in [5, 5.41) is 1.28. The first-order chi connectivity index (χ1) is 8.20. The predicted octanol–water partition coefficient (Wildman–Crippen LogP) is 3.12. The summed E-state index contributed by atoms with van der Waals surface area (Å²) in [6.45, 7) is 1.39. The quantitative estimate of drug-likeness (QED) is 0.801. The van der Waals surface area contributed by atoms with Crippen molar-refractivity contribution in [2.45, 2.75) is 12.1 Å². The predicted molar refractivity (Wildman–Crippen MR) is 66.3 cm³/mol. The minimum Gasteiger partial charge on any atom is -0.362 e. The number of ether oxygens (including phenoxy) is 1. The van der Waals surface area contributed by atoms with Crippen LogP contribution in [0.4, 0.5) is 0 Å². The molecule has 0 saturated carbocycles. The van der Waals surface area contributed by atoms with Gasteiger partial charge in [-0.1, -0.05) is 29.3 Å². The van der Waals surface area contributed by atoms with Gasteiger partial charge in [0.05, 0.1) is 19.5 Å². The minimum atomic E-state index is -0.317. The Balaban J connectivity index is 1.92. The van der Waals surface area contributed by atoms with E-state index in [1.807, 2.05) is 22.9 Å². The summed E-state index contributed by atoms with van der Waals surface area (Å²) in [6.07, 6.45) is 5.43. The molecule has 3 rings (SSSR count). The van der Waals surface area contributed by atoms with Crippen molar-refractivity contribution in [1.82, 2.24) is 9.55 Å². The lowest BCUT2D eigenvalue weighted by molar-refractivity contribution is 0.277. The van der Waals surface area contributed by atoms with E-state index in [2.05, 4.69) is 4.98 Å². The zero-order valence-electron chi connectivity index (χ0n) is 8.94. The largest absolute Gasteiger partial charge is 0.362 e. The second kappa shape index (κ2) is 4.02. The van der Waals surface area contributed by atoms with Crippen LogP contribution in [0.15, 0.2) is 36.9 Å². The maximum absolute atomic E-state index is 6.20. The van der Waals surface area contributed by atoms with Gasteiger partial charge in [-0.25, -0.2) is 4.98 Å². The highest BCUT2D eigenvalue weighted by Gasteiger charge is 2.48. The van der Waals surface area contributed by atoms with Crippen molar-refractivity contribution < 1.29 is 4.74 Å². The molecule has 3 nitrogen and oxygen atoms in total. The summed E-state index contributed by atoms with van der Waals surface area (Å²) in [5.41, 5.74) is 0.666. The van der Waals surface area contributed by atoms with Crippen molar-refractivity contribution >= 4 is 23.2 Å². The number of hydrogen-bond acceptors (Lipinski definition) is 2. The van der Waals surface area contributed by atoms with Gasteiger partial charge in [-0.05, 0) is 12.1 Å². The van der Waals surface area contributed by atoms with Crippen LogP contribution in [-0.4, -0.2) is 16.2 Å². The maximum atomic E-state index is 6.20. The highest BCUT2D eigenvalue weighted by Crippen LogP contribution is 2.44. The van der Waals surface area contributed by atoms with Gasteiger partial charge in [0.2, 0.25) is 0 Å². The SMILES string of the molecule is Clc1ccc([C@]2(Cn3ccnc3)CO2)c(Cl)c1. The zero-order valence-corrected chi connectivity index (χ0v) is 10.4. The van der Waals surface area contributed by atoms with Crippen LogP contribution in [0.3, 0.4) is 0 Å². The molecule has 0 unspecified atom stereocenters. The highest BCUT2D eigenvalue weighted by atomic mass is 35.5. The molecule has 0 radical (unpaired) electrons. The number of hydrogen-bond donors (Lipinski definition) is 0. The fraction of sp³-hybridized carbons (Fsp3) is 0.250. The standard InChI is InChI=1S/C12H10Cl2N2O/c13-9-1-2-10(11(14)5-9)12(7-17-12)6-16-4-3-15-8-16/h1-5,8H,6-7H2/t12-/m0/s1. The molecule has 88 valence electrons. The van der Waals surface area contributed by atoms with Crippen molar-refractivity contribution in [2.75, 3.05) is 6.61 Å². The molecule has 1 atom stereocenters. The average molecular weight is 269 g/mol.